The van der Waals surface area contributed by atoms with E-state index in [1.54, 1.807) is 30.5 Å². The number of ether oxygens (including phenoxy) is 1. The first-order valence-electron chi connectivity index (χ1n) is 7.66. The highest BCUT2D eigenvalue weighted by molar-refractivity contribution is 7.89. The molecule has 0 spiro atoms. The predicted octanol–water partition coefficient (Wildman–Crippen LogP) is 2.65. The van der Waals surface area contributed by atoms with Gasteiger partial charge in [0.25, 0.3) is 0 Å². The minimum absolute atomic E-state index is 0.216. The molecule has 0 fully saturated rings. The Morgan fingerprint density at radius 2 is 1.91 bits per heavy atom. The zero-order valence-electron chi connectivity index (χ0n) is 13.9. The molecular weight excluding hydrogens is 314 g/mol. The molecule has 6 nitrogen and oxygen atoms in total. The number of nitrogens with zero attached hydrogens (tertiary/aromatic N) is 2. The summed E-state index contributed by atoms with van der Waals surface area (Å²) in [5.74, 6) is 0.652. The van der Waals surface area contributed by atoms with E-state index in [4.69, 9.17) is 4.74 Å². The number of sulfonamides is 1. The summed E-state index contributed by atoms with van der Waals surface area (Å²) in [6, 6.07) is 6.04. The fourth-order valence-electron chi connectivity index (χ4n) is 2.45. The maximum absolute atomic E-state index is 12.5. The van der Waals surface area contributed by atoms with Crippen molar-refractivity contribution in [3.63, 3.8) is 0 Å². The maximum Gasteiger partial charge on any atom is 0.241 e. The van der Waals surface area contributed by atoms with Crippen LogP contribution in [0.4, 0.5) is 0 Å². The molecule has 1 unspecified atom stereocenters. The second kappa shape index (κ2) is 7.14. The zero-order chi connectivity index (χ0) is 17.0. The Morgan fingerprint density at radius 1 is 1.26 bits per heavy atom. The molecule has 0 radical (unpaired) electrons. The molecule has 0 amide bonds. The van der Waals surface area contributed by atoms with E-state index in [0.717, 1.165) is 17.8 Å². The smallest absolute Gasteiger partial charge is 0.241 e. The zero-order valence-corrected chi connectivity index (χ0v) is 14.7. The standard InChI is InChI=1S/C16H23N3O3S/c1-5-19-13(4)16(11-17-19)12(3)18-23(20,21)15-9-7-14(8-10-15)22-6-2/h7-12,18H,5-6H2,1-4H3. The Bertz CT molecular complexity index is 751. The fourth-order valence-corrected chi connectivity index (χ4v) is 3.67. The van der Waals surface area contributed by atoms with E-state index in [1.807, 2.05) is 32.4 Å². The number of nitrogens with one attached hydrogen (secondary N) is 1. The van der Waals surface area contributed by atoms with Gasteiger partial charge in [-0.2, -0.15) is 5.10 Å². The van der Waals surface area contributed by atoms with Gasteiger partial charge in [-0.25, -0.2) is 13.1 Å². The molecule has 1 atom stereocenters. The molecule has 2 rings (SSSR count). The van der Waals surface area contributed by atoms with Crippen LogP contribution in [0.25, 0.3) is 0 Å². The summed E-state index contributed by atoms with van der Waals surface area (Å²) in [5, 5.41) is 4.26. The van der Waals surface area contributed by atoms with Crippen molar-refractivity contribution in [2.75, 3.05) is 6.61 Å². The summed E-state index contributed by atoms with van der Waals surface area (Å²) in [7, 11) is -3.60. The summed E-state index contributed by atoms with van der Waals surface area (Å²) in [6.45, 7) is 8.93. The molecule has 1 N–H and O–H groups in total. The molecule has 1 heterocycles. The minimum Gasteiger partial charge on any atom is -0.494 e. The van der Waals surface area contributed by atoms with Gasteiger partial charge in [0, 0.05) is 23.8 Å². The van der Waals surface area contributed by atoms with E-state index in [1.165, 1.54) is 0 Å². The van der Waals surface area contributed by atoms with Gasteiger partial charge >= 0.3 is 0 Å². The molecule has 126 valence electrons. The summed E-state index contributed by atoms with van der Waals surface area (Å²) in [4.78, 5) is 0.216. The topological polar surface area (TPSA) is 73.2 Å². The fraction of sp³-hybridized carbons (Fsp3) is 0.438. The lowest BCUT2D eigenvalue weighted by molar-refractivity contribution is 0.340. The van der Waals surface area contributed by atoms with Gasteiger partial charge in [0.15, 0.2) is 0 Å². The molecule has 0 saturated heterocycles. The highest BCUT2D eigenvalue weighted by Gasteiger charge is 2.21. The second-order valence-corrected chi connectivity index (χ2v) is 6.96. The van der Waals surface area contributed by atoms with Crippen molar-refractivity contribution in [1.29, 1.82) is 0 Å². The maximum atomic E-state index is 12.5. The van der Waals surface area contributed by atoms with Crippen molar-refractivity contribution in [2.45, 2.75) is 45.2 Å². The van der Waals surface area contributed by atoms with Gasteiger partial charge in [0.1, 0.15) is 5.75 Å². The van der Waals surface area contributed by atoms with Crippen molar-refractivity contribution >= 4 is 10.0 Å². The quantitative estimate of drug-likeness (QED) is 0.843. The van der Waals surface area contributed by atoms with Gasteiger partial charge in [0.05, 0.1) is 17.7 Å². The van der Waals surface area contributed by atoms with E-state index in [9.17, 15) is 8.42 Å². The monoisotopic (exact) mass is 337 g/mol. The van der Waals surface area contributed by atoms with E-state index in [0.29, 0.717) is 12.4 Å². The molecule has 1 aromatic carbocycles. The lowest BCUT2D eigenvalue weighted by Crippen LogP contribution is -2.27. The lowest BCUT2D eigenvalue weighted by atomic mass is 10.1. The van der Waals surface area contributed by atoms with Crippen LogP contribution in [0.5, 0.6) is 5.75 Å². The third-order valence-corrected chi connectivity index (χ3v) is 5.24. The SMILES string of the molecule is CCOc1ccc(S(=O)(=O)NC(C)c2cnn(CC)c2C)cc1. The van der Waals surface area contributed by atoms with Crippen LogP contribution in [0.2, 0.25) is 0 Å². The first-order chi connectivity index (χ1) is 10.9. The van der Waals surface area contributed by atoms with Gasteiger partial charge in [-0.05, 0) is 52.0 Å². The Kier molecular flexibility index (Phi) is 5.43. The van der Waals surface area contributed by atoms with E-state index >= 15 is 0 Å². The van der Waals surface area contributed by atoms with Gasteiger partial charge in [0.2, 0.25) is 10.0 Å². The number of aryl methyl sites for hydroxylation is 1. The van der Waals surface area contributed by atoms with Gasteiger partial charge in [-0.3, -0.25) is 4.68 Å². The molecule has 7 heteroatoms. The normalized spacial score (nSPS) is 13.0. The molecule has 0 aliphatic carbocycles. The number of hydrogen-bond donors (Lipinski definition) is 1. The van der Waals surface area contributed by atoms with Crippen LogP contribution in [-0.2, 0) is 16.6 Å². The third-order valence-electron chi connectivity index (χ3n) is 3.68. The predicted molar refractivity (Wildman–Crippen MR) is 89.0 cm³/mol. The molecule has 2 aromatic rings. The third kappa shape index (κ3) is 3.92. The minimum atomic E-state index is -3.60. The Labute approximate surface area is 137 Å². The van der Waals surface area contributed by atoms with E-state index in [2.05, 4.69) is 9.82 Å². The van der Waals surface area contributed by atoms with Crippen molar-refractivity contribution in [2.24, 2.45) is 0 Å². The largest absolute Gasteiger partial charge is 0.494 e. The van der Waals surface area contributed by atoms with Crippen LogP contribution in [0.3, 0.4) is 0 Å². The number of rotatable bonds is 7. The van der Waals surface area contributed by atoms with Crippen LogP contribution >= 0.6 is 0 Å². The van der Waals surface area contributed by atoms with Crippen LogP contribution in [0.1, 0.15) is 38.1 Å². The van der Waals surface area contributed by atoms with E-state index < -0.39 is 10.0 Å². The molecule has 0 saturated carbocycles. The second-order valence-electron chi connectivity index (χ2n) is 5.25. The van der Waals surface area contributed by atoms with Crippen LogP contribution in [-0.4, -0.2) is 24.8 Å². The highest BCUT2D eigenvalue weighted by Crippen LogP contribution is 2.21. The van der Waals surface area contributed by atoms with Crippen molar-refractivity contribution < 1.29 is 13.2 Å². The summed E-state index contributed by atoms with van der Waals surface area (Å²) in [5.41, 5.74) is 1.84. The molecular formula is C16H23N3O3S. The highest BCUT2D eigenvalue weighted by atomic mass is 32.2. The van der Waals surface area contributed by atoms with Crippen LogP contribution < -0.4 is 9.46 Å². The summed E-state index contributed by atoms with van der Waals surface area (Å²) in [6.07, 6.45) is 1.71. The van der Waals surface area contributed by atoms with Crippen molar-refractivity contribution in [3.05, 3.63) is 41.7 Å². The Morgan fingerprint density at radius 3 is 2.43 bits per heavy atom. The molecule has 1 aromatic heterocycles. The number of benzene rings is 1. The summed E-state index contributed by atoms with van der Waals surface area (Å²) >= 11 is 0. The van der Waals surface area contributed by atoms with Gasteiger partial charge in [-0.15, -0.1) is 0 Å². The molecule has 0 aliphatic rings. The van der Waals surface area contributed by atoms with Crippen LogP contribution in [0.15, 0.2) is 35.4 Å². The average molecular weight is 337 g/mol. The van der Waals surface area contributed by atoms with Crippen molar-refractivity contribution in [3.8, 4) is 5.75 Å². The number of aromatic nitrogens is 2. The lowest BCUT2D eigenvalue weighted by Gasteiger charge is -2.14. The molecule has 23 heavy (non-hydrogen) atoms. The van der Waals surface area contributed by atoms with Crippen LogP contribution in [0, 0.1) is 6.92 Å². The first kappa shape index (κ1) is 17.5. The average Bonchev–Trinajstić information content (AvgIpc) is 2.88. The van der Waals surface area contributed by atoms with E-state index in [-0.39, 0.29) is 10.9 Å². The molecule has 0 bridgehead atoms. The Balaban J connectivity index is 2.18. The summed E-state index contributed by atoms with van der Waals surface area (Å²) < 4.78 is 34.9. The number of hydrogen-bond acceptors (Lipinski definition) is 4. The van der Waals surface area contributed by atoms with Gasteiger partial charge in [-0.1, -0.05) is 0 Å². The molecule has 0 aliphatic heterocycles. The Hall–Kier alpha value is -1.86. The first-order valence-corrected chi connectivity index (χ1v) is 9.14. The van der Waals surface area contributed by atoms with Crippen molar-refractivity contribution in [1.82, 2.24) is 14.5 Å². The van der Waals surface area contributed by atoms with Gasteiger partial charge < -0.3 is 4.74 Å².